The first-order chi connectivity index (χ1) is 5.32. The molecule has 70 valence electrons. The van der Waals surface area contributed by atoms with Crippen molar-refractivity contribution in [3.05, 3.63) is 0 Å². The molecule has 2 N–H and O–H groups in total. The fraction of sp³-hybridized carbons (Fsp3) is 0.889. The molecule has 3 heteroatoms. The maximum Gasteiger partial charge on any atom is 0.309 e. The quantitative estimate of drug-likeness (QED) is 0.626. The molecule has 0 aromatic heterocycles. The third-order valence-corrected chi connectivity index (χ3v) is 3.64. The van der Waals surface area contributed by atoms with Gasteiger partial charge in [0.05, 0.1) is 11.5 Å². The van der Waals surface area contributed by atoms with Gasteiger partial charge in [0.2, 0.25) is 0 Å². The van der Waals surface area contributed by atoms with E-state index in [-0.39, 0.29) is 0 Å². The van der Waals surface area contributed by atoms with Gasteiger partial charge in [0.15, 0.2) is 0 Å². The van der Waals surface area contributed by atoms with Gasteiger partial charge in [-0.3, -0.25) is 4.79 Å². The van der Waals surface area contributed by atoms with Crippen molar-refractivity contribution >= 4 is 5.97 Å². The van der Waals surface area contributed by atoms with Crippen LogP contribution in [0.1, 0.15) is 33.6 Å². The molecular weight excluding hydrogens is 156 g/mol. The lowest BCUT2D eigenvalue weighted by Crippen LogP contribution is -2.42. The number of aliphatic hydroxyl groups excluding tert-OH is 1. The second-order valence-electron chi connectivity index (χ2n) is 4.41. The Bertz CT molecular complexity index is 210. The predicted molar refractivity (Wildman–Crippen MR) is 44.8 cm³/mol. The van der Waals surface area contributed by atoms with Crippen molar-refractivity contribution in [1.29, 1.82) is 0 Å². The molecule has 12 heavy (non-hydrogen) atoms. The largest absolute Gasteiger partial charge is 0.481 e. The van der Waals surface area contributed by atoms with Gasteiger partial charge in [0.1, 0.15) is 0 Å². The third-order valence-electron chi connectivity index (χ3n) is 3.64. The molecule has 0 saturated heterocycles. The second-order valence-corrected chi connectivity index (χ2v) is 4.41. The summed E-state index contributed by atoms with van der Waals surface area (Å²) in [7, 11) is 0. The van der Waals surface area contributed by atoms with Crippen molar-refractivity contribution < 1.29 is 15.0 Å². The van der Waals surface area contributed by atoms with E-state index in [9.17, 15) is 9.90 Å². The molecule has 0 bridgehead atoms. The molecule has 0 aromatic carbocycles. The summed E-state index contributed by atoms with van der Waals surface area (Å²) in [4.78, 5) is 11.0. The van der Waals surface area contributed by atoms with Gasteiger partial charge < -0.3 is 10.2 Å². The molecular formula is C9H16O3. The zero-order valence-electron chi connectivity index (χ0n) is 7.79. The normalized spacial score (nSPS) is 39.8. The number of carboxylic acid groups (broad SMARTS) is 1. The van der Waals surface area contributed by atoms with Gasteiger partial charge in [-0.15, -0.1) is 0 Å². The molecule has 0 amide bonds. The Hall–Kier alpha value is -0.570. The maximum absolute atomic E-state index is 11.0. The van der Waals surface area contributed by atoms with Crippen LogP contribution in [0.4, 0.5) is 0 Å². The lowest BCUT2D eigenvalue weighted by atomic mass is 9.68. The zero-order chi connectivity index (χ0) is 9.57. The van der Waals surface area contributed by atoms with E-state index in [0.29, 0.717) is 12.8 Å². The van der Waals surface area contributed by atoms with Crippen LogP contribution in [0.25, 0.3) is 0 Å². The van der Waals surface area contributed by atoms with Crippen LogP contribution in [0.5, 0.6) is 0 Å². The molecule has 1 aliphatic rings. The van der Waals surface area contributed by atoms with Crippen molar-refractivity contribution in [2.45, 2.75) is 39.7 Å². The smallest absolute Gasteiger partial charge is 0.309 e. The molecule has 1 saturated carbocycles. The number of hydrogen-bond acceptors (Lipinski definition) is 2. The van der Waals surface area contributed by atoms with E-state index in [0.717, 1.165) is 0 Å². The molecule has 0 aromatic rings. The topological polar surface area (TPSA) is 57.5 Å². The van der Waals surface area contributed by atoms with Gasteiger partial charge in [-0.05, 0) is 19.8 Å². The van der Waals surface area contributed by atoms with Crippen molar-refractivity contribution in [3.63, 3.8) is 0 Å². The van der Waals surface area contributed by atoms with Crippen molar-refractivity contribution in [1.82, 2.24) is 0 Å². The first-order valence-electron chi connectivity index (χ1n) is 4.24. The van der Waals surface area contributed by atoms with Gasteiger partial charge in [0.25, 0.3) is 0 Å². The van der Waals surface area contributed by atoms with Crippen LogP contribution in [-0.4, -0.2) is 22.3 Å². The van der Waals surface area contributed by atoms with Crippen LogP contribution in [0.3, 0.4) is 0 Å². The van der Waals surface area contributed by atoms with Crippen LogP contribution in [-0.2, 0) is 4.79 Å². The summed E-state index contributed by atoms with van der Waals surface area (Å²) in [5, 5.41) is 18.6. The third kappa shape index (κ3) is 0.959. The zero-order valence-corrected chi connectivity index (χ0v) is 7.79. The molecule has 1 aliphatic carbocycles. The Kier molecular flexibility index (Phi) is 1.95. The Morgan fingerprint density at radius 2 is 1.92 bits per heavy atom. The Morgan fingerprint density at radius 3 is 2.08 bits per heavy atom. The van der Waals surface area contributed by atoms with Crippen LogP contribution in [0.2, 0.25) is 0 Å². The monoisotopic (exact) mass is 172 g/mol. The van der Waals surface area contributed by atoms with Crippen LogP contribution in [0.15, 0.2) is 0 Å². The molecule has 0 unspecified atom stereocenters. The van der Waals surface area contributed by atoms with E-state index in [4.69, 9.17) is 5.11 Å². The summed E-state index contributed by atoms with van der Waals surface area (Å²) in [6.07, 6.45) is 0.672. The summed E-state index contributed by atoms with van der Waals surface area (Å²) < 4.78 is 0. The average Bonchev–Trinajstić information content (AvgIpc) is 2.15. The number of hydrogen-bond donors (Lipinski definition) is 2. The number of rotatable bonds is 1. The molecule has 0 radical (unpaired) electrons. The van der Waals surface area contributed by atoms with Crippen molar-refractivity contribution in [3.8, 4) is 0 Å². The highest BCUT2D eigenvalue weighted by Crippen LogP contribution is 2.52. The predicted octanol–water partition coefficient (Wildman–Crippen LogP) is 1.26. The number of carbonyl (C=O) groups is 1. The minimum Gasteiger partial charge on any atom is -0.481 e. The highest BCUT2D eigenvalue weighted by molar-refractivity contribution is 5.75. The average molecular weight is 172 g/mol. The Balaban J connectivity index is 3.01. The van der Waals surface area contributed by atoms with Crippen LogP contribution < -0.4 is 0 Å². The first-order valence-corrected chi connectivity index (χ1v) is 4.24. The molecule has 0 aliphatic heterocycles. The fourth-order valence-electron chi connectivity index (χ4n) is 1.86. The number of aliphatic carboxylic acids is 1. The molecule has 0 spiro atoms. The lowest BCUT2D eigenvalue weighted by Gasteiger charge is -2.36. The molecule has 2 atom stereocenters. The summed E-state index contributed by atoms with van der Waals surface area (Å²) in [5.74, 6) is -0.802. The van der Waals surface area contributed by atoms with Crippen LogP contribution >= 0.6 is 0 Å². The van der Waals surface area contributed by atoms with E-state index in [1.807, 2.05) is 13.8 Å². The van der Waals surface area contributed by atoms with E-state index >= 15 is 0 Å². The summed E-state index contributed by atoms with van der Waals surface area (Å²) in [6.45, 7) is 5.35. The van der Waals surface area contributed by atoms with E-state index in [2.05, 4.69) is 0 Å². The maximum atomic E-state index is 11.0. The Morgan fingerprint density at radius 1 is 1.42 bits per heavy atom. The second kappa shape index (κ2) is 2.46. The fourth-order valence-corrected chi connectivity index (χ4v) is 1.86. The highest BCUT2D eigenvalue weighted by atomic mass is 16.4. The van der Waals surface area contributed by atoms with Gasteiger partial charge in [-0.1, -0.05) is 13.8 Å². The molecule has 3 nitrogen and oxygen atoms in total. The van der Waals surface area contributed by atoms with Crippen LogP contribution in [0, 0.1) is 10.8 Å². The molecule has 1 rings (SSSR count). The van der Waals surface area contributed by atoms with E-state index < -0.39 is 22.9 Å². The van der Waals surface area contributed by atoms with Gasteiger partial charge in [-0.2, -0.15) is 0 Å². The van der Waals surface area contributed by atoms with Gasteiger partial charge >= 0.3 is 5.97 Å². The minimum atomic E-state index is -0.802. The van der Waals surface area contributed by atoms with Gasteiger partial charge in [0, 0.05) is 5.41 Å². The SMILES string of the molecule is CC1(C)[C@@H](O)CC[C@@]1(C)C(=O)O. The minimum absolute atomic E-state index is 0.487. The Labute approximate surface area is 72.4 Å². The summed E-state index contributed by atoms with van der Waals surface area (Å²) in [5.41, 5.74) is -1.29. The lowest BCUT2D eigenvalue weighted by molar-refractivity contribution is -0.155. The van der Waals surface area contributed by atoms with E-state index in [1.54, 1.807) is 6.92 Å². The van der Waals surface area contributed by atoms with E-state index in [1.165, 1.54) is 0 Å². The standard InChI is InChI=1S/C9H16O3/c1-8(2)6(10)4-5-9(8,3)7(11)12/h6,10H,4-5H2,1-3H3,(H,11,12)/t6-,9-/m0/s1. The van der Waals surface area contributed by atoms with Gasteiger partial charge in [-0.25, -0.2) is 0 Å². The van der Waals surface area contributed by atoms with Crippen molar-refractivity contribution in [2.75, 3.05) is 0 Å². The summed E-state index contributed by atoms with van der Waals surface area (Å²) >= 11 is 0. The van der Waals surface area contributed by atoms with Crippen molar-refractivity contribution in [2.24, 2.45) is 10.8 Å². The molecule has 0 heterocycles. The number of aliphatic hydroxyl groups is 1. The summed E-state index contributed by atoms with van der Waals surface area (Å²) in [6, 6.07) is 0. The first kappa shape index (κ1) is 9.52. The number of carboxylic acids is 1. The highest BCUT2D eigenvalue weighted by Gasteiger charge is 2.55. The molecule has 1 fully saturated rings.